The minimum absolute atomic E-state index is 0.466. The molecule has 2 nitrogen and oxygen atoms in total. The van der Waals surface area contributed by atoms with Gasteiger partial charge in [-0.1, -0.05) is 34.1 Å². The van der Waals surface area contributed by atoms with E-state index in [0.717, 1.165) is 12.6 Å². The lowest BCUT2D eigenvalue weighted by molar-refractivity contribution is -0.0275. The molecule has 1 heterocycles. The van der Waals surface area contributed by atoms with Gasteiger partial charge in [0.25, 0.3) is 0 Å². The maximum Gasteiger partial charge on any atom is 0.0612 e. The third-order valence-electron chi connectivity index (χ3n) is 4.74. The fourth-order valence-corrected chi connectivity index (χ4v) is 3.62. The molecule has 3 atom stereocenters. The molecular formula is C16H31NO. The number of hydrogen-bond acceptors (Lipinski definition) is 2. The summed E-state index contributed by atoms with van der Waals surface area (Å²) >= 11 is 0. The van der Waals surface area contributed by atoms with E-state index in [4.69, 9.17) is 4.74 Å². The molecule has 1 N–H and O–H groups in total. The molecule has 2 aliphatic rings. The van der Waals surface area contributed by atoms with Crippen LogP contribution in [-0.2, 0) is 4.74 Å². The van der Waals surface area contributed by atoms with Crippen LogP contribution in [0.25, 0.3) is 0 Å². The number of nitrogens with one attached hydrogen (secondary N) is 1. The van der Waals surface area contributed by atoms with Gasteiger partial charge < -0.3 is 10.1 Å². The SMILES string of the molecule is CC(C)C1CC(NC2CCCC(C)(C)C2)CCO1. The lowest BCUT2D eigenvalue weighted by Gasteiger charge is -2.40. The van der Waals surface area contributed by atoms with Crippen molar-refractivity contribution in [1.82, 2.24) is 5.32 Å². The van der Waals surface area contributed by atoms with Crippen molar-refractivity contribution >= 4 is 0 Å². The molecule has 0 radical (unpaired) electrons. The summed E-state index contributed by atoms with van der Waals surface area (Å²) in [5.74, 6) is 0.650. The Morgan fingerprint density at radius 3 is 2.61 bits per heavy atom. The lowest BCUT2D eigenvalue weighted by atomic mass is 9.75. The Morgan fingerprint density at radius 1 is 1.17 bits per heavy atom. The van der Waals surface area contributed by atoms with Gasteiger partial charge in [0.05, 0.1) is 6.10 Å². The fraction of sp³-hybridized carbons (Fsp3) is 1.00. The first-order valence-corrected chi connectivity index (χ1v) is 7.84. The van der Waals surface area contributed by atoms with Gasteiger partial charge in [-0.25, -0.2) is 0 Å². The highest BCUT2D eigenvalue weighted by molar-refractivity contribution is 4.87. The second kappa shape index (κ2) is 5.92. The molecule has 2 fully saturated rings. The Hall–Kier alpha value is -0.0800. The molecule has 0 aromatic rings. The Labute approximate surface area is 113 Å². The summed E-state index contributed by atoms with van der Waals surface area (Å²) in [6, 6.07) is 1.43. The zero-order valence-corrected chi connectivity index (χ0v) is 12.7. The Bertz CT molecular complexity index is 262. The summed E-state index contributed by atoms with van der Waals surface area (Å²) in [5.41, 5.74) is 0.540. The van der Waals surface area contributed by atoms with E-state index in [1.165, 1.54) is 38.5 Å². The molecule has 0 amide bonds. The van der Waals surface area contributed by atoms with Crippen molar-refractivity contribution in [2.24, 2.45) is 11.3 Å². The van der Waals surface area contributed by atoms with Gasteiger partial charge >= 0.3 is 0 Å². The summed E-state index contributed by atoms with van der Waals surface area (Å²) in [5, 5.41) is 3.92. The van der Waals surface area contributed by atoms with Gasteiger partial charge in [-0.2, -0.15) is 0 Å². The van der Waals surface area contributed by atoms with Gasteiger partial charge in [0.15, 0.2) is 0 Å². The maximum absolute atomic E-state index is 5.86. The second-order valence-corrected chi connectivity index (χ2v) is 7.50. The fourth-order valence-electron chi connectivity index (χ4n) is 3.62. The largest absolute Gasteiger partial charge is 0.378 e. The predicted octanol–water partition coefficient (Wildman–Crippen LogP) is 3.75. The average molecular weight is 253 g/mol. The van der Waals surface area contributed by atoms with Gasteiger partial charge in [0.1, 0.15) is 0 Å². The molecule has 18 heavy (non-hydrogen) atoms. The van der Waals surface area contributed by atoms with Crippen LogP contribution in [0.5, 0.6) is 0 Å². The third kappa shape index (κ3) is 3.96. The molecular weight excluding hydrogens is 222 g/mol. The van der Waals surface area contributed by atoms with Crippen LogP contribution in [0.4, 0.5) is 0 Å². The number of ether oxygens (including phenoxy) is 1. The van der Waals surface area contributed by atoms with Crippen molar-refractivity contribution in [3.05, 3.63) is 0 Å². The van der Waals surface area contributed by atoms with E-state index in [-0.39, 0.29) is 0 Å². The van der Waals surface area contributed by atoms with Crippen LogP contribution in [0.2, 0.25) is 0 Å². The highest BCUT2D eigenvalue weighted by Crippen LogP contribution is 2.35. The quantitative estimate of drug-likeness (QED) is 0.827. The molecule has 1 saturated carbocycles. The standard InChI is InChI=1S/C16H31NO/c1-12(2)15-10-13(7-9-18-15)17-14-6-5-8-16(3,4)11-14/h12-15,17H,5-11H2,1-4H3. The lowest BCUT2D eigenvalue weighted by Crippen LogP contribution is -2.47. The van der Waals surface area contributed by atoms with Gasteiger partial charge in [0.2, 0.25) is 0 Å². The van der Waals surface area contributed by atoms with Crippen LogP contribution in [0.1, 0.15) is 66.2 Å². The Kier molecular flexibility index (Phi) is 4.71. The monoisotopic (exact) mass is 253 g/mol. The smallest absolute Gasteiger partial charge is 0.0612 e. The van der Waals surface area contributed by atoms with E-state index < -0.39 is 0 Å². The molecule has 1 aliphatic heterocycles. The first-order chi connectivity index (χ1) is 8.46. The summed E-state index contributed by atoms with van der Waals surface area (Å²) in [6.07, 6.45) is 8.36. The van der Waals surface area contributed by atoms with E-state index in [2.05, 4.69) is 33.0 Å². The summed E-state index contributed by atoms with van der Waals surface area (Å²) < 4.78 is 5.86. The van der Waals surface area contributed by atoms with Gasteiger partial charge in [0, 0.05) is 18.7 Å². The maximum atomic E-state index is 5.86. The first kappa shape index (κ1) is 14.3. The second-order valence-electron chi connectivity index (χ2n) is 7.50. The first-order valence-electron chi connectivity index (χ1n) is 7.84. The number of hydrogen-bond donors (Lipinski definition) is 1. The van der Waals surface area contributed by atoms with Crippen LogP contribution in [0, 0.1) is 11.3 Å². The predicted molar refractivity (Wildman–Crippen MR) is 76.8 cm³/mol. The van der Waals surface area contributed by atoms with Crippen molar-refractivity contribution in [2.45, 2.75) is 84.4 Å². The topological polar surface area (TPSA) is 21.3 Å². The van der Waals surface area contributed by atoms with Crippen LogP contribution in [-0.4, -0.2) is 24.8 Å². The van der Waals surface area contributed by atoms with Crippen molar-refractivity contribution < 1.29 is 4.74 Å². The van der Waals surface area contributed by atoms with E-state index in [1.54, 1.807) is 0 Å². The van der Waals surface area contributed by atoms with Gasteiger partial charge in [-0.15, -0.1) is 0 Å². The van der Waals surface area contributed by atoms with Gasteiger partial charge in [-0.3, -0.25) is 0 Å². The van der Waals surface area contributed by atoms with Crippen LogP contribution >= 0.6 is 0 Å². The summed E-state index contributed by atoms with van der Waals surface area (Å²) in [7, 11) is 0. The van der Waals surface area contributed by atoms with Crippen molar-refractivity contribution in [3.63, 3.8) is 0 Å². The molecule has 0 aromatic carbocycles. The molecule has 0 bridgehead atoms. The van der Waals surface area contributed by atoms with Crippen molar-refractivity contribution in [3.8, 4) is 0 Å². The molecule has 1 aliphatic carbocycles. The normalized spacial score (nSPS) is 36.8. The van der Waals surface area contributed by atoms with E-state index >= 15 is 0 Å². The molecule has 3 unspecified atom stereocenters. The van der Waals surface area contributed by atoms with E-state index in [0.29, 0.717) is 23.5 Å². The van der Waals surface area contributed by atoms with Gasteiger partial charge in [-0.05, 0) is 43.4 Å². The molecule has 106 valence electrons. The molecule has 1 saturated heterocycles. The minimum atomic E-state index is 0.466. The zero-order valence-electron chi connectivity index (χ0n) is 12.7. The molecule has 0 aromatic heterocycles. The average Bonchev–Trinajstić information content (AvgIpc) is 2.28. The number of rotatable bonds is 3. The van der Waals surface area contributed by atoms with Crippen molar-refractivity contribution in [1.29, 1.82) is 0 Å². The third-order valence-corrected chi connectivity index (χ3v) is 4.74. The molecule has 0 spiro atoms. The molecule has 2 heteroatoms. The van der Waals surface area contributed by atoms with Crippen LogP contribution in [0.3, 0.4) is 0 Å². The minimum Gasteiger partial charge on any atom is -0.378 e. The summed E-state index contributed by atoms with van der Waals surface area (Å²) in [6.45, 7) is 10.3. The van der Waals surface area contributed by atoms with Crippen LogP contribution < -0.4 is 5.32 Å². The zero-order chi connectivity index (χ0) is 13.2. The Balaban J connectivity index is 1.82. The summed E-state index contributed by atoms with van der Waals surface area (Å²) in [4.78, 5) is 0. The molecule has 2 rings (SSSR count). The van der Waals surface area contributed by atoms with E-state index in [9.17, 15) is 0 Å². The van der Waals surface area contributed by atoms with E-state index in [1.807, 2.05) is 0 Å². The highest BCUT2D eigenvalue weighted by Gasteiger charge is 2.31. The van der Waals surface area contributed by atoms with Crippen LogP contribution in [0.15, 0.2) is 0 Å². The Morgan fingerprint density at radius 2 is 1.94 bits per heavy atom. The van der Waals surface area contributed by atoms with Crippen molar-refractivity contribution in [2.75, 3.05) is 6.61 Å². The highest BCUT2D eigenvalue weighted by atomic mass is 16.5.